The van der Waals surface area contributed by atoms with Crippen LogP contribution in [0.3, 0.4) is 0 Å². The Kier molecular flexibility index (Phi) is 8.06. The molecule has 8 nitrogen and oxygen atoms in total. The number of morpholine rings is 1. The van der Waals surface area contributed by atoms with E-state index in [-0.39, 0.29) is 10.7 Å². The number of amides is 1. The van der Waals surface area contributed by atoms with E-state index in [1.165, 1.54) is 30.6 Å². The molecule has 1 aromatic heterocycles. The molecule has 0 aliphatic carbocycles. The Morgan fingerprint density at radius 3 is 2.80 bits per heavy atom. The molecule has 0 radical (unpaired) electrons. The molecule has 3 aromatic rings. The van der Waals surface area contributed by atoms with Gasteiger partial charge in [-0.3, -0.25) is 9.69 Å². The third-order valence-corrected chi connectivity index (χ3v) is 5.61. The van der Waals surface area contributed by atoms with Crippen molar-refractivity contribution in [2.45, 2.75) is 6.92 Å². The largest absolute Gasteiger partial charge is 0.492 e. The van der Waals surface area contributed by atoms with Gasteiger partial charge in [-0.05, 0) is 37.3 Å². The van der Waals surface area contributed by atoms with E-state index in [4.69, 9.17) is 21.1 Å². The van der Waals surface area contributed by atoms with Crippen LogP contribution in [-0.2, 0) is 9.53 Å². The van der Waals surface area contributed by atoms with Crippen molar-refractivity contribution in [1.82, 2.24) is 14.9 Å². The van der Waals surface area contributed by atoms with Gasteiger partial charge in [0.1, 0.15) is 23.7 Å². The van der Waals surface area contributed by atoms with Gasteiger partial charge in [0.15, 0.2) is 5.83 Å². The summed E-state index contributed by atoms with van der Waals surface area (Å²) < 4.78 is 39.0. The topological polar surface area (TPSA) is 88.6 Å². The highest BCUT2D eigenvalue weighted by atomic mass is 35.5. The molecule has 1 fully saturated rings. The molecule has 1 saturated heterocycles. The van der Waals surface area contributed by atoms with E-state index in [2.05, 4.69) is 20.6 Å². The van der Waals surface area contributed by atoms with Gasteiger partial charge in [-0.1, -0.05) is 11.6 Å². The summed E-state index contributed by atoms with van der Waals surface area (Å²) in [7, 11) is 0. The van der Waals surface area contributed by atoms with Crippen LogP contribution in [0.4, 0.5) is 26.0 Å². The molecule has 0 atom stereocenters. The number of halogens is 3. The number of carbonyl (C=O) groups excluding carboxylic acids is 1. The van der Waals surface area contributed by atoms with Crippen molar-refractivity contribution in [3.63, 3.8) is 0 Å². The van der Waals surface area contributed by atoms with Crippen LogP contribution >= 0.6 is 11.6 Å². The first-order valence-electron chi connectivity index (χ1n) is 11.1. The van der Waals surface area contributed by atoms with Gasteiger partial charge in [0.05, 0.1) is 36.0 Å². The highest BCUT2D eigenvalue weighted by Crippen LogP contribution is 2.34. The molecule has 11 heteroatoms. The number of fused-ring (bicyclic) bond motifs is 1. The second kappa shape index (κ2) is 11.4. The fourth-order valence-electron chi connectivity index (χ4n) is 3.53. The van der Waals surface area contributed by atoms with Gasteiger partial charge in [0, 0.05) is 36.8 Å². The maximum Gasteiger partial charge on any atom is 0.284 e. The van der Waals surface area contributed by atoms with Gasteiger partial charge in [-0.2, -0.15) is 0 Å². The lowest BCUT2D eigenvalue weighted by molar-refractivity contribution is -0.114. The van der Waals surface area contributed by atoms with Crippen molar-refractivity contribution >= 4 is 45.6 Å². The van der Waals surface area contributed by atoms with Crippen LogP contribution in [0.2, 0.25) is 5.02 Å². The molecule has 0 unspecified atom stereocenters. The molecule has 1 aliphatic rings. The number of aromatic nitrogens is 2. The van der Waals surface area contributed by atoms with E-state index in [0.29, 0.717) is 67.6 Å². The summed E-state index contributed by atoms with van der Waals surface area (Å²) in [6, 6.07) is 7.41. The Bertz CT molecular complexity index is 1250. The molecule has 1 amide bonds. The SMILES string of the molecule is CCOc1cc2ncnc(Nc3ccc(F)c(Cl)c3)c2cc1NC(=O)/C(F)=C/CN1CCOCC1. The molecule has 1 aliphatic heterocycles. The summed E-state index contributed by atoms with van der Waals surface area (Å²) in [6.45, 7) is 4.95. The first-order valence-corrected chi connectivity index (χ1v) is 11.4. The Morgan fingerprint density at radius 1 is 1.26 bits per heavy atom. The highest BCUT2D eigenvalue weighted by Gasteiger charge is 2.17. The maximum absolute atomic E-state index is 14.6. The zero-order chi connectivity index (χ0) is 24.8. The molecular weight excluding hydrogens is 480 g/mol. The molecule has 0 bridgehead atoms. The van der Waals surface area contributed by atoms with E-state index in [9.17, 15) is 13.6 Å². The standard InChI is InChI=1S/C24H24ClF2N5O3/c1-2-35-22-13-20-16(23(29-14-28-20)30-15-3-4-18(26)17(25)11-15)12-21(22)31-24(33)19(27)5-6-32-7-9-34-10-8-32/h3-5,11-14H,2,6-10H2,1H3,(H,31,33)(H,28,29,30)/b19-5-. The number of carbonyl (C=O) groups is 1. The number of nitrogens with one attached hydrogen (secondary N) is 2. The van der Waals surface area contributed by atoms with Crippen LogP contribution in [0.1, 0.15) is 6.92 Å². The summed E-state index contributed by atoms with van der Waals surface area (Å²) >= 11 is 5.88. The van der Waals surface area contributed by atoms with Crippen molar-refractivity contribution in [2.75, 3.05) is 50.1 Å². The van der Waals surface area contributed by atoms with Crippen LogP contribution in [0.5, 0.6) is 5.75 Å². The van der Waals surface area contributed by atoms with E-state index in [1.54, 1.807) is 19.1 Å². The number of hydrogen-bond acceptors (Lipinski definition) is 7. The van der Waals surface area contributed by atoms with Crippen LogP contribution in [0.15, 0.2) is 48.6 Å². The Labute approximate surface area is 205 Å². The van der Waals surface area contributed by atoms with Gasteiger partial charge >= 0.3 is 0 Å². The Morgan fingerprint density at radius 2 is 2.06 bits per heavy atom. The van der Waals surface area contributed by atoms with Crippen LogP contribution in [-0.4, -0.2) is 60.2 Å². The number of ether oxygens (including phenoxy) is 2. The summed E-state index contributed by atoms with van der Waals surface area (Å²) in [5.74, 6) is -1.61. The number of anilines is 3. The minimum atomic E-state index is -0.900. The molecule has 2 aromatic carbocycles. The lowest BCUT2D eigenvalue weighted by Crippen LogP contribution is -2.36. The monoisotopic (exact) mass is 503 g/mol. The summed E-state index contributed by atoms with van der Waals surface area (Å²) in [4.78, 5) is 23.1. The molecule has 2 heterocycles. The quantitative estimate of drug-likeness (QED) is 0.431. The fourth-order valence-corrected chi connectivity index (χ4v) is 3.71. The minimum Gasteiger partial charge on any atom is -0.492 e. The average Bonchev–Trinajstić information content (AvgIpc) is 2.86. The third-order valence-electron chi connectivity index (χ3n) is 5.32. The second-order valence-electron chi connectivity index (χ2n) is 7.69. The number of benzene rings is 2. The molecule has 2 N–H and O–H groups in total. The van der Waals surface area contributed by atoms with Crippen LogP contribution in [0.25, 0.3) is 10.9 Å². The van der Waals surface area contributed by atoms with Gasteiger partial charge in [0.25, 0.3) is 5.91 Å². The zero-order valence-electron chi connectivity index (χ0n) is 19.0. The van der Waals surface area contributed by atoms with Crippen molar-refractivity contribution in [3.8, 4) is 5.75 Å². The van der Waals surface area contributed by atoms with Crippen LogP contribution < -0.4 is 15.4 Å². The zero-order valence-corrected chi connectivity index (χ0v) is 19.7. The van der Waals surface area contributed by atoms with Crippen molar-refractivity contribution in [2.24, 2.45) is 0 Å². The lowest BCUT2D eigenvalue weighted by atomic mass is 10.1. The first-order chi connectivity index (χ1) is 16.9. The van der Waals surface area contributed by atoms with Gasteiger partial charge < -0.3 is 20.1 Å². The highest BCUT2D eigenvalue weighted by molar-refractivity contribution is 6.31. The lowest BCUT2D eigenvalue weighted by Gasteiger charge is -2.25. The van der Waals surface area contributed by atoms with Crippen LogP contribution in [0, 0.1) is 5.82 Å². The van der Waals surface area contributed by atoms with E-state index < -0.39 is 17.6 Å². The van der Waals surface area contributed by atoms with Crippen molar-refractivity contribution in [3.05, 3.63) is 59.4 Å². The summed E-state index contributed by atoms with van der Waals surface area (Å²) in [6.07, 6.45) is 2.61. The Balaban J connectivity index is 1.60. The number of rotatable bonds is 8. The second-order valence-corrected chi connectivity index (χ2v) is 8.10. The predicted octanol–water partition coefficient (Wildman–Crippen LogP) is 4.69. The predicted molar refractivity (Wildman–Crippen MR) is 130 cm³/mol. The smallest absolute Gasteiger partial charge is 0.284 e. The first kappa shape index (κ1) is 24.8. The van der Waals surface area contributed by atoms with Gasteiger partial charge in [0.2, 0.25) is 0 Å². The van der Waals surface area contributed by atoms with E-state index in [0.717, 1.165) is 0 Å². The van der Waals surface area contributed by atoms with Gasteiger partial charge in [-0.25, -0.2) is 18.7 Å². The third kappa shape index (κ3) is 6.21. The van der Waals surface area contributed by atoms with E-state index in [1.807, 2.05) is 4.90 Å². The van der Waals surface area contributed by atoms with Gasteiger partial charge in [-0.15, -0.1) is 0 Å². The molecule has 35 heavy (non-hydrogen) atoms. The number of nitrogens with zero attached hydrogens (tertiary/aromatic N) is 3. The molecule has 0 saturated carbocycles. The van der Waals surface area contributed by atoms with Crippen molar-refractivity contribution in [1.29, 1.82) is 0 Å². The maximum atomic E-state index is 14.6. The van der Waals surface area contributed by atoms with E-state index >= 15 is 0 Å². The normalized spacial score (nSPS) is 14.7. The molecule has 0 spiro atoms. The fraction of sp³-hybridized carbons (Fsp3) is 0.292. The molecule has 184 valence electrons. The Hall–Kier alpha value is -3.34. The number of hydrogen-bond donors (Lipinski definition) is 2. The summed E-state index contributed by atoms with van der Waals surface area (Å²) in [5, 5.41) is 6.14. The molecular formula is C24H24ClF2N5O3. The molecule has 4 rings (SSSR count). The minimum absolute atomic E-state index is 0.0423. The summed E-state index contributed by atoms with van der Waals surface area (Å²) in [5.41, 5.74) is 1.29. The van der Waals surface area contributed by atoms with Crippen molar-refractivity contribution < 1.29 is 23.0 Å². The average molecular weight is 504 g/mol.